The molecule has 0 saturated carbocycles. The van der Waals surface area contributed by atoms with E-state index in [0.717, 1.165) is 51.8 Å². The van der Waals surface area contributed by atoms with E-state index in [9.17, 15) is 14.0 Å². The van der Waals surface area contributed by atoms with Gasteiger partial charge in [-0.05, 0) is 47.5 Å². The Morgan fingerprint density at radius 3 is 2.58 bits per heavy atom. The molecule has 2 aromatic carbocycles. The van der Waals surface area contributed by atoms with E-state index in [1.165, 1.54) is 23.5 Å². The normalized spacial score (nSPS) is 17.5. The summed E-state index contributed by atoms with van der Waals surface area (Å²) in [5, 5.41) is 7.63. The van der Waals surface area contributed by atoms with Crippen LogP contribution in [-0.4, -0.2) is 36.6 Å². The zero-order valence-corrected chi connectivity index (χ0v) is 20.3. The van der Waals surface area contributed by atoms with E-state index in [1.54, 1.807) is 24.3 Å². The number of likely N-dealkylation sites (N-methyl/N-ethyl adjacent to an activating group) is 1. The van der Waals surface area contributed by atoms with E-state index < -0.39 is 11.9 Å². The summed E-state index contributed by atoms with van der Waals surface area (Å²) in [5.41, 5.74) is 7.60. The Bertz CT molecular complexity index is 1170. The van der Waals surface area contributed by atoms with Crippen LogP contribution in [0.25, 0.3) is 10.8 Å². The van der Waals surface area contributed by atoms with Gasteiger partial charge in [-0.1, -0.05) is 12.1 Å². The third-order valence-corrected chi connectivity index (χ3v) is 6.95. The molecule has 0 fully saturated rings. The molecule has 0 spiro atoms. The third-order valence-electron chi connectivity index (χ3n) is 5.81. The number of hydrogen-bond donors (Lipinski definition) is 3. The molecule has 4 N–H and O–H groups in total. The van der Waals surface area contributed by atoms with Crippen LogP contribution in [0.15, 0.2) is 36.4 Å². The number of nitrogens with one attached hydrogen (secondary N) is 2. The first-order valence-corrected chi connectivity index (χ1v) is 10.6. The van der Waals surface area contributed by atoms with Crippen LogP contribution in [0, 0.1) is 5.82 Å². The van der Waals surface area contributed by atoms with E-state index in [0.29, 0.717) is 16.3 Å². The van der Waals surface area contributed by atoms with Crippen LogP contribution in [0.3, 0.4) is 0 Å². The molecule has 4 rings (SSSR count). The summed E-state index contributed by atoms with van der Waals surface area (Å²) in [6, 6.07) is 9.25. The Labute approximate surface area is 201 Å². The van der Waals surface area contributed by atoms with Crippen molar-refractivity contribution >= 4 is 44.7 Å². The van der Waals surface area contributed by atoms with Gasteiger partial charge in [0.2, 0.25) is 0 Å². The first kappa shape index (κ1) is 23.4. The highest BCUT2D eigenvalue weighted by molar-refractivity contribution is 7.17. The van der Waals surface area contributed by atoms with Crippen LogP contribution >= 0.6 is 11.3 Å². The van der Waals surface area contributed by atoms with E-state index in [2.05, 4.69) is 24.6 Å². The maximum atomic E-state index is 13.3. The number of primary amides is 1. The molecule has 1 aromatic heterocycles. The average Bonchev–Trinajstić information content (AvgIpc) is 3.04. The van der Waals surface area contributed by atoms with Gasteiger partial charge >= 0.3 is 6.03 Å². The van der Waals surface area contributed by atoms with Crippen molar-refractivity contribution in [3.8, 4) is 0 Å². The van der Waals surface area contributed by atoms with Crippen molar-refractivity contribution in [3.63, 3.8) is 0 Å². The average molecular weight is 554 g/mol. The van der Waals surface area contributed by atoms with Gasteiger partial charge in [0.15, 0.2) is 0 Å². The third kappa shape index (κ3) is 4.83. The second-order valence-electron chi connectivity index (χ2n) is 7.92. The topological polar surface area (TPSA) is 84.2 Å². The largest absolute Gasteiger partial charge is 1.00 e. The molecule has 6 nitrogen and oxygen atoms in total. The summed E-state index contributed by atoms with van der Waals surface area (Å²) in [6.45, 7) is 4.90. The van der Waals surface area contributed by atoms with Crippen molar-refractivity contribution < 1.29 is 42.4 Å². The lowest BCUT2D eigenvalue weighted by Gasteiger charge is -2.36. The molecule has 3 aromatic rings. The van der Waals surface area contributed by atoms with Crippen molar-refractivity contribution in [2.75, 3.05) is 30.8 Å². The number of thiophene rings is 1. The minimum absolute atomic E-state index is 0. The van der Waals surface area contributed by atoms with E-state index in [-0.39, 0.29) is 29.8 Å². The van der Waals surface area contributed by atoms with Crippen LogP contribution in [0.4, 0.5) is 19.9 Å². The first-order chi connectivity index (χ1) is 14.3. The fourth-order valence-corrected chi connectivity index (χ4v) is 5.31. The first-order valence-electron chi connectivity index (χ1n) is 9.83. The number of amides is 3. The van der Waals surface area contributed by atoms with Crippen molar-refractivity contribution in [2.45, 2.75) is 19.9 Å². The molecule has 3 amide bonds. The molecular formula is C22H24FIN4O2S. The smallest absolute Gasteiger partial charge is 0.324 e. The van der Waals surface area contributed by atoms with Crippen LogP contribution in [-0.2, 0) is 13.0 Å². The number of anilines is 2. The molecule has 0 radical (unpaired) electrons. The zero-order chi connectivity index (χ0) is 21.5. The summed E-state index contributed by atoms with van der Waals surface area (Å²) in [5.74, 6) is -0.831. The second-order valence-corrected chi connectivity index (χ2v) is 9.03. The summed E-state index contributed by atoms with van der Waals surface area (Å²) < 4.78 is 14.2. The quantitative estimate of drug-likeness (QED) is 0.336. The Balaban J connectivity index is 0.00000272. The SMILES string of the molecule is CC[N+]1(C)CCc2c(sc(NC(=O)Nc3ccc4cc(F)ccc4c3)c2C(N)=O)C1.[I-]. The molecule has 0 bridgehead atoms. The summed E-state index contributed by atoms with van der Waals surface area (Å²) in [4.78, 5) is 25.8. The monoisotopic (exact) mass is 554 g/mol. The molecule has 0 saturated heterocycles. The highest BCUT2D eigenvalue weighted by atomic mass is 127. The molecule has 31 heavy (non-hydrogen) atoms. The van der Waals surface area contributed by atoms with Crippen molar-refractivity contribution in [1.29, 1.82) is 0 Å². The van der Waals surface area contributed by atoms with Crippen LogP contribution in [0.2, 0.25) is 0 Å². The predicted molar refractivity (Wildman–Crippen MR) is 118 cm³/mol. The Morgan fingerprint density at radius 2 is 1.87 bits per heavy atom. The van der Waals surface area contributed by atoms with E-state index in [1.807, 2.05) is 0 Å². The van der Waals surface area contributed by atoms with Gasteiger partial charge in [-0.15, -0.1) is 11.3 Å². The second kappa shape index (κ2) is 9.09. The Morgan fingerprint density at radius 1 is 1.16 bits per heavy atom. The lowest BCUT2D eigenvalue weighted by Crippen LogP contribution is -3.00. The number of nitrogens with two attached hydrogens (primary N) is 1. The maximum Gasteiger partial charge on any atom is 0.324 e. The van der Waals surface area contributed by atoms with Gasteiger partial charge in [-0.3, -0.25) is 10.1 Å². The number of quaternary nitrogens is 1. The number of rotatable bonds is 4. The lowest BCUT2D eigenvalue weighted by atomic mass is 10.0. The number of carbonyl (C=O) groups is 2. The predicted octanol–water partition coefficient (Wildman–Crippen LogP) is 1.31. The van der Waals surface area contributed by atoms with Gasteiger partial charge in [0.25, 0.3) is 5.91 Å². The zero-order valence-electron chi connectivity index (χ0n) is 17.3. The van der Waals surface area contributed by atoms with Crippen LogP contribution in [0.1, 0.15) is 27.7 Å². The van der Waals surface area contributed by atoms with Crippen molar-refractivity contribution in [1.82, 2.24) is 0 Å². The van der Waals surface area contributed by atoms with Gasteiger partial charge in [0, 0.05) is 12.1 Å². The minimum atomic E-state index is -0.525. The Kier molecular flexibility index (Phi) is 6.87. The molecule has 2 heterocycles. The number of carbonyl (C=O) groups excluding carboxylic acids is 2. The molecule has 1 atom stereocenters. The highest BCUT2D eigenvalue weighted by Crippen LogP contribution is 2.38. The maximum absolute atomic E-state index is 13.3. The minimum Gasteiger partial charge on any atom is -1.00 e. The number of halogens is 2. The van der Waals surface area contributed by atoms with Crippen molar-refractivity contribution in [3.05, 3.63) is 58.2 Å². The van der Waals surface area contributed by atoms with Gasteiger partial charge in [0.05, 0.1) is 30.6 Å². The van der Waals surface area contributed by atoms with Gasteiger partial charge in [0.1, 0.15) is 17.4 Å². The summed E-state index contributed by atoms with van der Waals surface area (Å²) in [6.07, 6.45) is 0.763. The van der Waals surface area contributed by atoms with E-state index in [4.69, 9.17) is 5.73 Å². The number of urea groups is 1. The summed E-state index contributed by atoms with van der Waals surface area (Å²) >= 11 is 1.42. The fourth-order valence-electron chi connectivity index (χ4n) is 3.89. The number of nitrogens with zero attached hydrogens (tertiary/aromatic N) is 1. The molecule has 0 aliphatic carbocycles. The van der Waals surface area contributed by atoms with Gasteiger partial charge in [-0.2, -0.15) is 0 Å². The molecule has 9 heteroatoms. The fraction of sp³-hybridized carbons (Fsp3) is 0.273. The van der Waals surface area contributed by atoms with Crippen LogP contribution in [0.5, 0.6) is 0 Å². The van der Waals surface area contributed by atoms with E-state index >= 15 is 0 Å². The molecule has 1 aliphatic heterocycles. The van der Waals surface area contributed by atoms with Crippen molar-refractivity contribution in [2.24, 2.45) is 5.73 Å². The lowest BCUT2D eigenvalue weighted by molar-refractivity contribution is -0.922. The van der Waals surface area contributed by atoms with Gasteiger partial charge < -0.3 is 39.5 Å². The molecule has 1 unspecified atom stereocenters. The van der Waals surface area contributed by atoms with Crippen LogP contribution < -0.4 is 40.3 Å². The summed E-state index contributed by atoms with van der Waals surface area (Å²) in [7, 11) is 2.19. The molecule has 1 aliphatic rings. The Hall–Kier alpha value is -2.24. The number of fused-ring (bicyclic) bond motifs is 2. The highest BCUT2D eigenvalue weighted by Gasteiger charge is 2.33. The molecular weight excluding hydrogens is 530 g/mol. The number of benzene rings is 2. The molecule has 164 valence electrons. The standard InChI is InChI=1S/C22H23FN4O2S.HI/c1-3-27(2)9-8-17-18(12-27)30-21(19(17)20(24)28)26-22(29)25-16-7-5-13-10-15(23)6-4-14(13)11-16;/h4-7,10-11H,3,8-9,12H2,1-2H3,(H3-,24,25,26,28,29);1H. The number of hydrogen-bond acceptors (Lipinski definition) is 3. The van der Waals surface area contributed by atoms with Gasteiger partial charge in [-0.25, -0.2) is 9.18 Å².